The fourth-order valence-electron chi connectivity index (χ4n) is 1.01. The van der Waals surface area contributed by atoms with E-state index in [0.717, 1.165) is 0 Å². The third kappa shape index (κ3) is 2.02. The molecule has 1 atom stereocenters. The van der Waals surface area contributed by atoms with Gasteiger partial charge in [-0.2, -0.15) is 0 Å². The molecule has 0 aliphatic carbocycles. The highest BCUT2D eigenvalue weighted by molar-refractivity contribution is 6.31. The second-order valence-corrected chi connectivity index (χ2v) is 3.02. The summed E-state index contributed by atoms with van der Waals surface area (Å²) in [4.78, 5) is 11.0. The molecule has 5 heteroatoms. The number of halogens is 2. The quantitative estimate of drug-likeness (QED) is 0.767. The minimum absolute atomic E-state index is 0.148. The van der Waals surface area contributed by atoms with Crippen molar-refractivity contribution in [3.8, 4) is 0 Å². The number of rotatable bonds is 2. The van der Waals surface area contributed by atoms with Crippen LogP contribution in [0.4, 0.5) is 4.39 Å². The number of nitrogens with two attached hydrogens (primary N) is 1. The summed E-state index contributed by atoms with van der Waals surface area (Å²) in [6, 6.07) is 3.05. The molecule has 0 fully saturated rings. The molecule has 0 bridgehead atoms. The van der Waals surface area contributed by atoms with Crippen molar-refractivity contribution in [2.45, 2.75) is 6.04 Å². The molecule has 0 aliphatic rings. The van der Waals surface area contributed by atoms with Gasteiger partial charge in [-0.3, -0.25) is 4.79 Å². The maximum atomic E-state index is 13.0. The van der Waals surface area contributed by atoms with Crippen LogP contribution in [0.5, 0.6) is 0 Å². The number of benzene rings is 1. The smallest absolute Gasteiger partial charge is 0.327 e. The minimum atomic E-state index is -1.05. The second-order valence-electron chi connectivity index (χ2n) is 2.64. The summed E-state index contributed by atoms with van der Waals surface area (Å²) < 4.78 is 17.4. The van der Waals surface area contributed by atoms with Gasteiger partial charge in [0.15, 0.2) is 0 Å². The average Bonchev–Trinajstić information content (AvgIpc) is 2.20. The van der Waals surface area contributed by atoms with Crippen molar-refractivity contribution in [1.29, 1.82) is 0 Å². The molecule has 0 saturated carbocycles. The van der Waals surface area contributed by atoms with Gasteiger partial charge in [0.25, 0.3) is 0 Å². The molecule has 76 valence electrons. The molecule has 1 rings (SSSR count). The predicted molar refractivity (Wildman–Crippen MR) is 50.4 cm³/mol. The molecule has 0 saturated heterocycles. The van der Waals surface area contributed by atoms with Crippen LogP contribution < -0.4 is 5.73 Å². The standard InChI is InChI=1S/C9H9ClFNO2/c1-14-9(13)8(12)5-3-2-4-6(11)7(5)10/h2-4,8H,12H2,1H3. The van der Waals surface area contributed by atoms with E-state index >= 15 is 0 Å². The number of carbonyl (C=O) groups excluding carboxylic acids is 1. The van der Waals surface area contributed by atoms with E-state index in [2.05, 4.69) is 4.74 Å². The van der Waals surface area contributed by atoms with Gasteiger partial charge in [0.1, 0.15) is 11.9 Å². The molecule has 3 nitrogen and oxygen atoms in total. The van der Waals surface area contributed by atoms with Gasteiger partial charge in [-0.05, 0) is 6.07 Å². The zero-order chi connectivity index (χ0) is 10.7. The number of carbonyl (C=O) groups is 1. The third-order valence-corrected chi connectivity index (χ3v) is 2.17. The molecule has 0 aromatic heterocycles. The third-order valence-electron chi connectivity index (χ3n) is 1.77. The second kappa shape index (κ2) is 4.39. The van der Waals surface area contributed by atoms with E-state index in [4.69, 9.17) is 17.3 Å². The van der Waals surface area contributed by atoms with Crippen LogP contribution in [0.3, 0.4) is 0 Å². The topological polar surface area (TPSA) is 52.3 Å². The average molecular weight is 218 g/mol. The van der Waals surface area contributed by atoms with E-state index in [0.29, 0.717) is 0 Å². The monoisotopic (exact) mass is 217 g/mol. The van der Waals surface area contributed by atoms with Crippen molar-refractivity contribution in [3.05, 3.63) is 34.6 Å². The van der Waals surface area contributed by atoms with Gasteiger partial charge < -0.3 is 10.5 Å². The van der Waals surface area contributed by atoms with Gasteiger partial charge in [-0.1, -0.05) is 23.7 Å². The highest BCUT2D eigenvalue weighted by atomic mass is 35.5. The number of ether oxygens (including phenoxy) is 1. The van der Waals surface area contributed by atoms with Gasteiger partial charge in [-0.15, -0.1) is 0 Å². The van der Waals surface area contributed by atoms with Crippen LogP contribution in [-0.2, 0) is 9.53 Å². The lowest BCUT2D eigenvalue weighted by molar-refractivity contribution is -0.142. The first-order chi connectivity index (χ1) is 6.57. The predicted octanol–water partition coefficient (Wildman–Crippen LogP) is 1.65. The maximum Gasteiger partial charge on any atom is 0.327 e. The van der Waals surface area contributed by atoms with Crippen LogP contribution >= 0.6 is 11.6 Å². The van der Waals surface area contributed by atoms with Gasteiger partial charge in [0, 0.05) is 5.56 Å². The molecular weight excluding hydrogens is 209 g/mol. The summed E-state index contributed by atoms with van der Waals surface area (Å²) >= 11 is 5.63. The van der Waals surface area contributed by atoms with Crippen molar-refractivity contribution >= 4 is 17.6 Å². The van der Waals surface area contributed by atoms with Gasteiger partial charge in [0.05, 0.1) is 12.1 Å². The fourth-order valence-corrected chi connectivity index (χ4v) is 1.26. The summed E-state index contributed by atoms with van der Waals surface area (Å²) in [5, 5.41) is -0.148. The first-order valence-corrected chi connectivity index (χ1v) is 4.23. The van der Waals surface area contributed by atoms with Crippen LogP contribution in [0.2, 0.25) is 5.02 Å². The Morgan fingerprint density at radius 3 is 2.86 bits per heavy atom. The molecule has 0 heterocycles. The van der Waals surface area contributed by atoms with Crippen LogP contribution in [0.15, 0.2) is 18.2 Å². The molecule has 1 aromatic rings. The zero-order valence-corrected chi connectivity index (χ0v) is 8.22. The summed E-state index contributed by atoms with van der Waals surface area (Å²) in [6.07, 6.45) is 0. The highest BCUT2D eigenvalue weighted by Crippen LogP contribution is 2.24. The van der Waals surface area contributed by atoms with Crippen LogP contribution in [-0.4, -0.2) is 13.1 Å². The van der Waals surface area contributed by atoms with Crippen molar-refractivity contribution in [2.75, 3.05) is 7.11 Å². The lowest BCUT2D eigenvalue weighted by Gasteiger charge is -2.11. The number of methoxy groups -OCH3 is 1. The Bertz CT molecular complexity index is 357. The number of esters is 1. The van der Waals surface area contributed by atoms with E-state index < -0.39 is 17.8 Å². The molecule has 1 unspecified atom stereocenters. The van der Waals surface area contributed by atoms with Crippen molar-refractivity contribution < 1.29 is 13.9 Å². The van der Waals surface area contributed by atoms with E-state index in [1.165, 1.54) is 25.3 Å². The molecule has 2 N–H and O–H groups in total. The first-order valence-electron chi connectivity index (χ1n) is 3.85. The Morgan fingerprint density at radius 2 is 2.29 bits per heavy atom. The lowest BCUT2D eigenvalue weighted by atomic mass is 10.1. The minimum Gasteiger partial charge on any atom is -0.468 e. The number of hydrogen-bond donors (Lipinski definition) is 1. The van der Waals surface area contributed by atoms with E-state index in [1.54, 1.807) is 0 Å². The molecule has 0 amide bonds. The Kier molecular flexibility index (Phi) is 3.43. The van der Waals surface area contributed by atoms with Gasteiger partial charge in [0.2, 0.25) is 0 Å². The van der Waals surface area contributed by atoms with E-state index in [-0.39, 0.29) is 10.6 Å². The van der Waals surface area contributed by atoms with Crippen molar-refractivity contribution in [1.82, 2.24) is 0 Å². The van der Waals surface area contributed by atoms with Gasteiger partial charge in [-0.25, -0.2) is 4.39 Å². The SMILES string of the molecule is COC(=O)C(N)c1cccc(F)c1Cl. The Morgan fingerprint density at radius 1 is 1.64 bits per heavy atom. The summed E-state index contributed by atoms with van der Waals surface area (Å²) in [5.41, 5.74) is 5.71. The summed E-state index contributed by atoms with van der Waals surface area (Å²) in [6.45, 7) is 0. The Balaban J connectivity index is 3.07. The van der Waals surface area contributed by atoms with Crippen LogP contribution in [0, 0.1) is 5.82 Å². The van der Waals surface area contributed by atoms with Crippen LogP contribution in [0.25, 0.3) is 0 Å². The van der Waals surface area contributed by atoms with E-state index in [1.807, 2.05) is 0 Å². The largest absolute Gasteiger partial charge is 0.468 e. The normalized spacial score (nSPS) is 12.3. The zero-order valence-electron chi connectivity index (χ0n) is 7.46. The lowest BCUT2D eigenvalue weighted by Crippen LogP contribution is -2.23. The van der Waals surface area contributed by atoms with Gasteiger partial charge >= 0.3 is 5.97 Å². The molecule has 14 heavy (non-hydrogen) atoms. The highest BCUT2D eigenvalue weighted by Gasteiger charge is 2.20. The fraction of sp³-hybridized carbons (Fsp3) is 0.222. The van der Waals surface area contributed by atoms with Crippen molar-refractivity contribution in [2.24, 2.45) is 5.73 Å². The molecule has 0 radical (unpaired) electrons. The maximum absolute atomic E-state index is 13.0. The first kappa shape index (κ1) is 10.9. The Hall–Kier alpha value is -1.13. The Labute approximate surface area is 85.6 Å². The van der Waals surface area contributed by atoms with E-state index in [9.17, 15) is 9.18 Å². The molecule has 0 aliphatic heterocycles. The van der Waals surface area contributed by atoms with Crippen molar-refractivity contribution in [3.63, 3.8) is 0 Å². The molecular formula is C9H9ClFNO2. The molecule has 0 spiro atoms. The molecule has 1 aromatic carbocycles. The summed E-state index contributed by atoms with van der Waals surface area (Å²) in [5.74, 6) is -1.26. The summed E-state index contributed by atoms with van der Waals surface area (Å²) in [7, 11) is 1.20. The number of hydrogen-bond acceptors (Lipinski definition) is 3. The van der Waals surface area contributed by atoms with Crippen LogP contribution in [0.1, 0.15) is 11.6 Å².